The fraction of sp³-hybridized carbons (Fsp3) is 0.407. The highest BCUT2D eigenvalue weighted by Crippen LogP contribution is 2.46. The Labute approximate surface area is 208 Å². The van der Waals surface area contributed by atoms with E-state index in [0.717, 1.165) is 21.3 Å². The molecule has 0 fully saturated rings. The van der Waals surface area contributed by atoms with E-state index < -0.39 is 0 Å². The van der Waals surface area contributed by atoms with Gasteiger partial charge in [0, 0.05) is 35.6 Å². The summed E-state index contributed by atoms with van der Waals surface area (Å²) >= 11 is 3.48. The molecule has 0 radical (unpaired) electrons. The molecule has 7 heteroatoms. The van der Waals surface area contributed by atoms with E-state index in [-0.39, 0.29) is 29.9 Å². The maximum atomic E-state index is 13.5. The van der Waals surface area contributed by atoms with Crippen LogP contribution in [0, 0.1) is 5.92 Å². The molecule has 2 unspecified atom stereocenters. The highest BCUT2D eigenvalue weighted by atomic mass is 79.9. The van der Waals surface area contributed by atoms with Gasteiger partial charge in [-0.25, -0.2) is 0 Å². The second kappa shape index (κ2) is 10.2. The van der Waals surface area contributed by atoms with Gasteiger partial charge in [0.1, 0.15) is 17.2 Å². The van der Waals surface area contributed by atoms with Gasteiger partial charge in [0.15, 0.2) is 5.78 Å². The Kier molecular flexibility index (Phi) is 7.31. The second-order valence-corrected chi connectivity index (χ2v) is 10.1. The first-order valence-electron chi connectivity index (χ1n) is 11.5. The van der Waals surface area contributed by atoms with Crippen LogP contribution < -0.4 is 19.5 Å². The average molecular weight is 528 g/mol. The topological polar surface area (TPSA) is 73.9 Å². The fourth-order valence-electron chi connectivity index (χ4n) is 4.72. The van der Waals surface area contributed by atoms with Crippen LogP contribution in [-0.4, -0.2) is 32.5 Å². The van der Waals surface area contributed by atoms with Gasteiger partial charge in [-0.05, 0) is 64.0 Å². The average Bonchev–Trinajstić information content (AvgIpc) is 2.82. The number of ether oxygens (including phenoxy) is 3. The SMILES string of the molecule is COc1cc(C2CC(=O)NC3=C2C(=O)CC(c2ccc(OCC(C)C)cc2)C3)c(OC)cc1Br. The molecule has 1 aliphatic carbocycles. The predicted molar refractivity (Wildman–Crippen MR) is 134 cm³/mol. The number of nitrogens with one attached hydrogen (secondary N) is 1. The predicted octanol–water partition coefficient (Wildman–Crippen LogP) is 5.51. The third kappa shape index (κ3) is 4.99. The maximum absolute atomic E-state index is 13.5. The van der Waals surface area contributed by atoms with Crippen LogP contribution in [0.2, 0.25) is 0 Å². The minimum atomic E-state index is -0.374. The third-order valence-corrected chi connectivity index (χ3v) is 6.97. The summed E-state index contributed by atoms with van der Waals surface area (Å²) in [6.45, 7) is 4.88. The van der Waals surface area contributed by atoms with E-state index >= 15 is 0 Å². The normalized spacial score (nSPS) is 20.2. The zero-order valence-electron chi connectivity index (χ0n) is 19.9. The molecule has 0 bridgehead atoms. The quantitative estimate of drug-likeness (QED) is 0.514. The zero-order valence-corrected chi connectivity index (χ0v) is 21.5. The standard InChI is InChI=1S/C27H30BrNO5/c1-15(2)14-34-18-7-5-16(6-8-18)17-9-22-27(23(30)10-17)20(12-26(31)29-22)19-11-25(33-4)21(28)13-24(19)32-3/h5-8,11,13,15,17,20H,9-10,12,14H2,1-4H3,(H,29,31). The van der Waals surface area contributed by atoms with Gasteiger partial charge in [-0.2, -0.15) is 0 Å². The lowest BCUT2D eigenvalue weighted by Gasteiger charge is -2.35. The third-order valence-electron chi connectivity index (χ3n) is 6.35. The van der Waals surface area contributed by atoms with E-state index in [9.17, 15) is 9.59 Å². The first kappa shape index (κ1) is 24.3. The largest absolute Gasteiger partial charge is 0.496 e. The van der Waals surface area contributed by atoms with Crippen molar-refractivity contribution >= 4 is 27.6 Å². The molecule has 2 aromatic rings. The molecule has 4 rings (SSSR count). The summed E-state index contributed by atoms with van der Waals surface area (Å²) in [6.07, 6.45) is 1.19. The van der Waals surface area contributed by atoms with E-state index in [1.54, 1.807) is 14.2 Å². The molecule has 0 saturated heterocycles. The van der Waals surface area contributed by atoms with Crippen LogP contribution in [0.5, 0.6) is 17.2 Å². The molecule has 0 saturated carbocycles. The molecule has 180 valence electrons. The summed E-state index contributed by atoms with van der Waals surface area (Å²) < 4.78 is 17.6. The molecule has 1 N–H and O–H groups in total. The lowest BCUT2D eigenvalue weighted by molar-refractivity contribution is -0.122. The van der Waals surface area contributed by atoms with Crippen LogP contribution in [0.1, 0.15) is 56.1 Å². The van der Waals surface area contributed by atoms with E-state index in [4.69, 9.17) is 14.2 Å². The monoisotopic (exact) mass is 527 g/mol. The van der Waals surface area contributed by atoms with Gasteiger partial charge in [0.25, 0.3) is 0 Å². The van der Waals surface area contributed by atoms with Crippen molar-refractivity contribution in [2.24, 2.45) is 5.92 Å². The van der Waals surface area contributed by atoms with E-state index in [1.165, 1.54) is 0 Å². The number of methoxy groups -OCH3 is 2. The van der Waals surface area contributed by atoms with Crippen LogP contribution in [-0.2, 0) is 9.59 Å². The Hall–Kier alpha value is -2.80. The van der Waals surface area contributed by atoms with Gasteiger partial charge in [-0.15, -0.1) is 0 Å². The summed E-state index contributed by atoms with van der Waals surface area (Å²) in [5.74, 6) is 2.11. The fourth-order valence-corrected chi connectivity index (χ4v) is 5.20. The molecule has 2 atom stereocenters. The Morgan fingerprint density at radius 2 is 1.71 bits per heavy atom. The van der Waals surface area contributed by atoms with Crippen molar-refractivity contribution in [1.29, 1.82) is 0 Å². The molecule has 2 aliphatic rings. The lowest BCUT2D eigenvalue weighted by atomic mass is 9.73. The number of hydrogen-bond acceptors (Lipinski definition) is 5. The lowest BCUT2D eigenvalue weighted by Crippen LogP contribution is -2.38. The van der Waals surface area contributed by atoms with Crippen molar-refractivity contribution in [2.75, 3.05) is 20.8 Å². The summed E-state index contributed by atoms with van der Waals surface area (Å²) in [4.78, 5) is 26.1. The minimum Gasteiger partial charge on any atom is -0.496 e. The number of amides is 1. The molecule has 1 aliphatic heterocycles. The molecule has 1 amide bonds. The van der Waals surface area contributed by atoms with Crippen molar-refractivity contribution in [1.82, 2.24) is 5.32 Å². The number of allylic oxidation sites excluding steroid dienone is 2. The minimum absolute atomic E-state index is 0.00537. The Balaban J connectivity index is 1.64. The van der Waals surface area contributed by atoms with Crippen LogP contribution in [0.25, 0.3) is 0 Å². The number of hydrogen-bond donors (Lipinski definition) is 1. The summed E-state index contributed by atoms with van der Waals surface area (Å²) in [7, 11) is 3.17. The molecule has 2 aromatic carbocycles. The van der Waals surface area contributed by atoms with E-state index in [1.807, 2.05) is 36.4 Å². The van der Waals surface area contributed by atoms with Crippen LogP contribution in [0.3, 0.4) is 0 Å². The molecule has 0 spiro atoms. The van der Waals surface area contributed by atoms with Crippen molar-refractivity contribution in [3.63, 3.8) is 0 Å². The Morgan fingerprint density at radius 3 is 2.35 bits per heavy atom. The summed E-state index contributed by atoms with van der Waals surface area (Å²) in [6, 6.07) is 11.6. The maximum Gasteiger partial charge on any atom is 0.225 e. The van der Waals surface area contributed by atoms with E-state index in [2.05, 4.69) is 35.1 Å². The first-order chi connectivity index (χ1) is 16.3. The smallest absolute Gasteiger partial charge is 0.225 e. The first-order valence-corrected chi connectivity index (χ1v) is 12.3. The van der Waals surface area contributed by atoms with Crippen LogP contribution >= 0.6 is 15.9 Å². The molecule has 6 nitrogen and oxygen atoms in total. The van der Waals surface area contributed by atoms with Crippen molar-refractivity contribution in [2.45, 2.75) is 44.9 Å². The van der Waals surface area contributed by atoms with E-state index in [0.29, 0.717) is 48.1 Å². The highest BCUT2D eigenvalue weighted by Gasteiger charge is 2.39. The summed E-state index contributed by atoms with van der Waals surface area (Å²) in [5.41, 5.74) is 3.24. The van der Waals surface area contributed by atoms with Gasteiger partial charge in [-0.1, -0.05) is 26.0 Å². The van der Waals surface area contributed by atoms with Gasteiger partial charge < -0.3 is 19.5 Å². The number of halogens is 1. The second-order valence-electron chi connectivity index (χ2n) is 9.23. The molecule has 34 heavy (non-hydrogen) atoms. The van der Waals surface area contributed by atoms with Crippen LogP contribution in [0.4, 0.5) is 0 Å². The van der Waals surface area contributed by atoms with Gasteiger partial charge in [-0.3, -0.25) is 9.59 Å². The van der Waals surface area contributed by atoms with Gasteiger partial charge in [0.2, 0.25) is 5.91 Å². The van der Waals surface area contributed by atoms with Crippen LogP contribution in [0.15, 0.2) is 52.1 Å². The summed E-state index contributed by atoms with van der Waals surface area (Å²) in [5, 5.41) is 2.98. The number of Topliss-reactive ketones (excluding diaryl/α,β-unsaturated/α-hetero) is 1. The molecular weight excluding hydrogens is 498 g/mol. The number of rotatable bonds is 7. The number of carbonyl (C=O) groups excluding carboxylic acids is 2. The van der Waals surface area contributed by atoms with Crippen molar-refractivity contribution in [3.05, 3.63) is 63.3 Å². The van der Waals surface area contributed by atoms with Gasteiger partial charge >= 0.3 is 0 Å². The molecular formula is C27H30BrNO5. The number of carbonyl (C=O) groups is 2. The number of ketones is 1. The highest BCUT2D eigenvalue weighted by molar-refractivity contribution is 9.10. The zero-order chi connectivity index (χ0) is 24.4. The van der Waals surface area contributed by atoms with Gasteiger partial charge in [0.05, 0.1) is 25.3 Å². The molecule has 1 heterocycles. The molecule has 0 aromatic heterocycles. The number of benzene rings is 2. The van der Waals surface area contributed by atoms with Crippen molar-refractivity contribution in [3.8, 4) is 17.2 Å². The Bertz CT molecular complexity index is 1120. The Morgan fingerprint density at radius 1 is 1.00 bits per heavy atom. The van der Waals surface area contributed by atoms with Crippen molar-refractivity contribution < 1.29 is 23.8 Å².